The van der Waals surface area contributed by atoms with E-state index >= 15 is 0 Å². The molecular weight excluding hydrogens is 500 g/mol. The quantitative estimate of drug-likeness (QED) is 0.0710. The summed E-state index contributed by atoms with van der Waals surface area (Å²) in [7, 11) is 0. The van der Waals surface area contributed by atoms with Gasteiger partial charge in [-0.2, -0.15) is 0 Å². The minimum atomic E-state index is -0.954. The Bertz CT molecular complexity index is 415. The lowest BCUT2D eigenvalue weighted by atomic mass is 10.1. The van der Waals surface area contributed by atoms with Crippen LogP contribution in [0.25, 0.3) is 0 Å². The number of allylic oxidation sites excluding steroid dienone is 2. The Morgan fingerprint density at radius 1 is 0.526 bits per heavy atom. The van der Waals surface area contributed by atoms with Gasteiger partial charge >= 0.3 is 5.97 Å². The molecule has 232 valence electrons. The van der Waals surface area contributed by atoms with Crippen LogP contribution in [0.2, 0.25) is 0 Å². The summed E-state index contributed by atoms with van der Waals surface area (Å²) in [5, 5.41) is 80.6. The smallest absolute Gasteiger partial charge is 0.303 e. The molecule has 0 aromatic carbocycles. The van der Waals surface area contributed by atoms with Gasteiger partial charge in [-0.3, -0.25) is 4.79 Å². The summed E-state index contributed by atoms with van der Waals surface area (Å²) in [4.78, 5) is 10.3. The van der Waals surface area contributed by atoms with Crippen LogP contribution in [0, 0.1) is 0 Å². The minimum absolute atomic E-state index is 0.332. The van der Waals surface area contributed by atoms with Gasteiger partial charge in [0, 0.05) is 6.42 Å². The number of hydrogen-bond donors (Lipinski definition) is 10. The molecule has 0 atom stereocenters. The molecule has 38 heavy (non-hydrogen) atoms. The van der Waals surface area contributed by atoms with Crippen molar-refractivity contribution in [3.63, 3.8) is 0 Å². The van der Waals surface area contributed by atoms with Crippen LogP contribution in [0.4, 0.5) is 0 Å². The van der Waals surface area contributed by atoms with Crippen molar-refractivity contribution in [2.75, 3.05) is 39.6 Å². The number of aliphatic hydroxyl groups excluding tert-OH is 9. The standard InChI is InChI=1S/C18H34O2.3C3H8O3/c1-2-3-4-5-6-7-8-9-10-11-12-13-14-15-16-17-18(19)20;3*4-1-3(6)2-5/h9-10H,2-8,11-17H2,1H3,(H,19,20);3*3-6H,1-2H2. The lowest BCUT2D eigenvalue weighted by Gasteiger charge is -1.99. The number of carbonyl (C=O) groups is 1. The molecule has 0 aromatic heterocycles. The molecule has 0 aliphatic rings. The Balaban J connectivity index is -0.000000259. The maximum Gasteiger partial charge on any atom is 0.303 e. The number of aliphatic carboxylic acids is 1. The summed E-state index contributed by atoms with van der Waals surface area (Å²) >= 11 is 0. The molecule has 11 nitrogen and oxygen atoms in total. The lowest BCUT2D eigenvalue weighted by molar-refractivity contribution is -0.137. The molecule has 10 N–H and O–H groups in total. The average Bonchev–Trinajstić information content (AvgIpc) is 2.94. The van der Waals surface area contributed by atoms with E-state index in [1.165, 1.54) is 70.6 Å². The molecule has 11 heteroatoms. The molecule has 0 aliphatic heterocycles. The van der Waals surface area contributed by atoms with Crippen molar-refractivity contribution >= 4 is 5.97 Å². The molecule has 0 amide bonds. The maximum absolute atomic E-state index is 10.3. The molecule has 0 bridgehead atoms. The maximum atomic E-state index is 10.3. The van der Waals surface area contributed by atoms with E-state index in [2.05, 4.69) is 19.1 Å². The highest BCUT2D eigenvalue weighted by molar-refractivity contribution is 5.66. The first kappa shape index (κ1) is 43.9. The van der Waals surface area contributed by atoms with E-state index in [0.29, 0.717) is 6.42 Å². The zero-order valence-electron chi connectivity index (χ0n) is 23.4. The zero-order chi connectivity index (χ0) is 29.9. The normalized spacial score (nSPS) is 10.7. The first-order valence-electron chi connectivity index (χ1n) is 13.8. The number of unbranched alkanes of at least 4 members (excludes halogenated alkanes) is 11. The van der Waals surface area contributed by atoms with Gasteiger partial charge in [0.2, 0.25) is 0 Å². The number of carboxylic acids is 1. The van der Waals surface area contributed by atoms with Crippen LogP contribution < -0.4 is 0 Å². The first-order valence-corrected chi connectivity index (χ1v) is 13.8. The van der Waals surface area contributed by atoms with Crippen molar-refractivity contribution in [2.24, 2.45) is 0 Å². The van der Waals surface area contributed by atoms with Crippen molar-refractivity contribution in [3.05, 3.63) is 12.2 Å². The Morgan fingerprint density at radius 2 is 0.816 bits per heavy atom. The summed E-state index contributed by atoms with van der Waals surface area (Å²) in [6, 6.07) is 0. The van der Waals surface area contributed by atoms with Crippen molar-refractivity contribution in [1.29, 1.82) is 0 Å². The molecule has 0 radical (unpaired) electrons. The largest absolute Gasteiger partial charge is 0.481 e. The highest BCUT2D eigenvalue weighted by Crippen LogP contribution is 2.09. The van der Waals surface area contributed by atoms with E-state index in [4.69, 9.17) is 51.1 Å². The molecule has 0 spiro atoms. The van der Waals surface area contributed by atoms with Gasteiger partial charge in [-0.15, -0.1) is 0 Å². The Labute approximate surface area is 229 Å². The van der Waals surface area contributed by atoms with Crippen LogP contribution in [-0.2, 0) is 4.79 Å². The average molecular weight is 559 g/mol. The van der Waals surface area contributed by atoms with E-state index in [1.54, 1.807) is 0 Å². The summed E-state index contributed by atoms with van der Waals surface area (Å²) in [5.41, 5.74) is 0. The van der Waals surface area contributed by atoms with Crippen molar-refractivity contribution < 1.29 is 55.9 Å². The van der Waals surface area contributed by atoms with Crippen molar-refractivity contribution in [1.82, 2.24) is 0 Å². The third-order valence-electron chi connectivity index (χ3n) is 4.92. The highest BCUT2D eigenvalue weighted by Gasteiger charge is 1.96. The van der Waals surface area contributed by atoms with Crippen LogP contribution >= 0.6 is 0 Å². The van der Waals surface area contributed by atoms with E-state index in [-0.39, 0.29) is 39.6 Å². The van der Waals surface area contributed by atoms with Crippen LogP contribution in [0.3, 0.4) is 0 Å². The Kier molecular flexibility index (Phi) is 46.6. The second-order valence-corrected chi connectivity index (χ2v) is 8.78. The summed E-state index contributed by atoms with van der Waals surface area (Å²) in [5.74, 6) is -0.664. The number of aliphatic hydroxyl groups is 9. The van der Waals surface area contributed by atoms with Gasteiger partial charge in [-0.25, -0.2) is 0 Å². The van der Waals surface area contributed by atoms with Gasteiger partial charge in [-0.05, 0) is 32.1 Å². The molecule has 0 saturated heterocycles. The summed E-state index contributed by atoms with van der Waals surface area (Å²) in [6.07, 6.45) is 18.4. The van der Waals surface area contributed by atoms with Gasteiger partial charge < -0.3 is 51.1 Å². The van der Waals surface area contributed by atoms with Gasteiger partial charge in [0.05, 0.1) is 39.6 Å². The zero-order valence-corrected chi connectivity index (χ0v) is 23.4. The molecule has 0 heterocycles. The third-order valence-corrected chi connectivity index (χ3v) is 4.92. The monoisotopic (exact) mass is 558 g/mol. The fourth-order valence-corrected chi connectivity index (χ4v) is 2.52. The second-order valence-electron chi connectivity index (χ2n) is 8.78. The second kappa shape index (κ2) is 40.3. The number of carboxylic acid groups (broad SMARTS) is 1. The molecular formula is C27H58O11. The lowest BCUT2D eigenvalue weighted by Crippen LogP contribution is -2.15. The van der Waals surface area contributed by atoms with Gasteiger partial charge in [-0.1, -0.05) is 70.4 Å². The molecule has 0 unspecified atom stereocenters. The molecule has 0 aromatic rings. The van der Waals surface area contributed by atoms with Crippen LogP contribution in [-0.4, -0.2) is 115 Å². The SMILES string of the molecule is CCCCCCCCC=CCCCCCCCC(=O)O.OCC(O)CO.OCC(O)CO.OCC(O)CO. The first-order chi connectivity index (χ1) is 18.2. The predicted octanol–water partition coefficient (Wildman–Crippen LogP) is 1.10. The predicted molar refractivity (Wildman–Crippen MR) is 148 cm³/mol. The van der Waals surface area contributed by atoms with Crippen molar-refractivity contribution in [3.8, 4) is 0 Å². The summed E-state index contributed by atoms with van der Waals surface area (Å²) < 4.78 is 0. The van der Waals surface area contributed by atoms with Crippen LogP contribution in [0.15, 0.2) is 12.2 Å². The van der Waals surface area contributed by atoms with Crippen LogP contribution in [0.5, 0.6) is 0 Å². The Morgan fingerprint density at radius 3 is 1.08 bits per heavy atom. The fourth-order valence-electron chi connectivity index (χ4n) is 2.52. The topological polar surface area (TPSA) is 219 Å². The van der Waals surface area contributed by atoms with Crippen molar-refractivity contribution in [2.45, 2.75) is 115 Å². The highest BCUT2D eigenvalue weighted by atomic mass is 16.4. The Hall–Kier alpha value is -1.15. The number of rotatable bonds is 21. The molecule has 0 saturated carbocycles. The van der Waals surface area contributed by atoms with E-state index in [0.717, 1.165) is 12.8 Å². The number of hydrogen-bond acceptors (Lipinski definition) is 10. The minimum Gasteiger partial charge on any atom is -0.481 e. The summed E-state index contributed by atoms with van der Waals surface area (Å²) in [6.45, 7) is 0.0713. The van der Waals surface area contributed by atoms with E-state index < -0.39 is 24.3 Å². The van der Waals surface area contributed by atoms with Gasteiger partial charge in [0.1, 0.15) is 18.3 Å². The van der Waals surface area contributed by atoms with Gasteiger partial charge in [0.25, 0.3) is 0 Å². The molecule has 0 fully saturated rings. The van der Waals surface area contributed by atoms with Crippen LogP contribution in [0.1, 0.15) is 96.8 Å². The molecule has 0 aliphatic carbocycles. The van der Waals surface area contributed by atoms with E-state index in [1.807, 2.05) is 0 Å². The van der Waals surface area contributed by atoms with E-state index in [9.17, 15) is 4.79 Å². The third kappa shape index (κ3) is 51.5. The van der Waals surface area contributed by atoms with Gasteiger partial charge in [0.15, 0.2) is 0 Å². The molecule has 0 rings (SSSR count). The fraction of sp³-hybridized carbons (Fsp3) is 0.889.